The zero-order chi connectivity index (χ0) is 24.8. The first-order chi connectivity index (χ1) is 17.6. The van der Waals surface area contributed by atoms with Crippen LogP contribution < -0.4 is 10.6 Å². The van der Waals surface area contributed by atoms with Gasteiger partial charge in [-0.05, 0) is 48.9 Å². The second-order valence-corrected chi connectivity index (χ2v) is 10.8. The number of nitrogens with one attached hydrogen (secondary N) is 2. The standard InChI is InChI=1S/C30H35ClN4O/c31-24-14-12-23(13-15-24)30(16-6-7-17-30)28(35-25-10-4-5-11-25)18-27-26(20-32-21-34-27)29(36)33-19-22-8-2-1-3-9-22/h1-3,8-9,12-15,20-21,25,28,35H,4-7,10-11,16-19H2,(H,33,36). The predicted molar refractivity (Wildman–Crippen MR) is 144 cm³/mol. The van der Waals surface area contributed by atoms with Crippen LogP contribution in [0.3, 0.4) is 0 Å². The average Bonchev–Trinajstić information content (AvgIpc) is 3.61. The van der Waals surface area contributed by atoms with Gasteiger partial charge in [-0.25, -0.2) is 9.97 Å². The minimum absolute atomic E-state index is 0.00405. The van der Waals surface area contributed by atoms with Gasteiger partial charge in [0.15, 0.2) is 0 Å². The van der Waals surface area contributed by atoms with E-state index in [1.165, 1.54) is 44.1 Å². The largest absolute Gasteiger partial charge is 0.348 e. The summed E-state index contributed by atoms with van der Waals surface area (Å²) in [5.41, 5.74) is 3.78. The molecule has 2 aromatic carbocycles. The van der Waals surface area contributed by atoms with Crippen LogP contribution in [-0.4, -0.2) is 28.0 Å². The number of aromatic nitrogens is 2. The number of hydrogen-bond donors (Lipinski definition) is 2. The molecule has 0 aliphatic heterocycles. The molecule has 1 atom stereocenters. The second-order valence-electron chi connectivity index (χ2n) is 10.3. The van der Waals surface area contributed by atoms with Crippen molar-refractivity contribution in [3.8, 4) is 0 Å². The van der Waals surface area contributed by atoms with Crippen molar-refractivity contribution >= 4 is 17.5 Å². The SMILES string of the molecule is O=C(NCc1ccccc1)c1cncnc1CC(NC1CCCC1)C1(c2ccc(Cl)cc2)CCCC1. The molecule has 2 aliphatic carbocycles. The van der Waals surface area contributed by atoms with Gasteiger partial charge in [-0.1, -0.05) is 79.7 Å². The Morgan fingerprint density at radius 3 is 2.44 bits per heavy atom. The highest BCUT2D eigenvalue weighted by atomic mass is 35.5. The molecule has 36 heavy (non-hydrogen) atoms. The zero-order valence-electron chi connectivity index (χ0n) is 20.8. The van der Waals surface area contributed by atoms with Gasteiger partial charge in [-0.15, -0.1) is 0 Å². The van der Waals surface area contributed by atoms with Gasteiger partial charge in [0.05, 0.1) is 11.3 Å². The van der Waals surface area contributed by atoms with Crippen LogP contribution in [0, 0.1) is 0 Å². The van der Waals surface area contributed by atoms with E-state index in [0.29, 0.717) is 24.6 Å². The van der Waals surface area contributed by atoms with E-state index in [0.717, 1.165) is 29.1 Å². The van der Waals surface area contributed by atoms with Gasteiger partial charge in [0.1, 0.15) is 6.33 Å². The molecule has 5 nitrogen and oxygen atoms in total. The number of carbonyl (C=O) groups excluding carboxylic acids is 1. The van der Waals surface area contributed by atoms with Crippen molar-refractivity contribution in [1.29, 1.82) is 0 Å². The molecular weight excluding hydrogens is 468 g/mol. The lowest BCUT2D eigenvalue weighted by atomic mass is 9.70. The molecule has 0 saturated heterocycles. The molecule has 5 rings (SSSR count). The van der Waals surface area contributed by atoms with Crippen LogP contribution in [0.2, 0.25) is 5.02 Å². The van der Waals surface area contributed by atoms with E-state index in [1.807, 2.05) is 42.5 Å². The van der Waals surface area contributed by atoms with E-state index in [9.17, 15) is 4.79 Å². The Hall–Kier alpha value is -2.76. The first kappa shape index (κ1) is 24.9. The Bertz CT molecular complexity index is 1140. The van der Waals surface area contributed by atoms with Crippen LogP contribution in [0.15, 0.2) is 67.1 Å². The highest BCUT2D eigenvalue weighted by Gasteiger charge is 2.44. The van der Waals surface area contributed by atoms with Crippen LogP contribution >= 0.6 is 11.6 Å². The first-order valence-corrected chi connectivity index (χ1v) is 13.6. The fraction of sp³-hybridized carbons (Fsp3) is 0.433. The van der Waals surface area contributed by atoms with Crippen LogP contribution in [0.4, 0.5) is 0 Å². The zero-order valence-corrected chi connectivity index (χ0v) is 21.5. The monoisotopic (exact) mass is 502 g/mol. The number of nitrogens with zero attached hydrogens (tertiary/aromatic N) is 2. The molecule has 2 fully saturated rings. The minimum Gasteiger partial charge on any atom is -0.348 e. The van der Waals surface area contributed by atoms with Gasteiger partial charge in [-0.2, -0.15) is 0 Å². The Labute approximate surface area is 219 Å². The molecule has 0 spiro atoms. The molecule has 2 saturated carbocycles. The topological polar surface area (TPSA) is 66.9 Å². The van der Waals surface area contributed by atoms with Crippen LogP contribution in [0.25, 0.3) is 0 Å². The number of hydrogen-bond acceptors (Lipinski definition) is 4. The molecule has 1 heterocycles. The normalized spacial score (nSPS) is 18.2. The Balaban J connectivity index is 1.43. The van der Waals surface area contributed by atoms with Crippen LogP contribution in [0.5, 0.6) is 0 Å². The van der Waals surface area contributed by atoms with Crippen molar-refractivity contribution in [1.82, 2.24) is 20.6 Å². The summed E-state index contributed by atoms with van der Waals surface area (Å²) in [5, 5.41) is 7.89. The molecular formula is C30H35ClN4O. The maximum Gasteiger partial charge on any atom is 0.254 e. The second kappa shape index (κ2) is 11.5. The third-order valence-corrected chi connectivity index (χ3v) is 8.36. The molecule has 1 unspecified atom stereocenters. The highest BCUT2D eigenvalue weighted by molar-refractivity contribution is 6.30. The van der Waals surface area contributed by atoms with Gasteiger partial charge < -0.3 is 10.6 Å². The number of benzene rings is 2. The van der Waals surface area contributed by atoms with E-state index in [-0.39, 0.29) is 17.4 Å². The van der Waals surface area contributed by atoms with Crippen molar-refractivity contribution in [3.05, 3.63) is 94.5 Å². The van der Waals surface area contributed by atoms with Crippen molar-refractivity contribution in [3.63, 3.8) is 0 Å². The Morgan fingerprint density at radius 1 is 1.00 bits per heavy atom. The van der Waals surface area contributed by atoms with E-state index in [2.05, 4.69) is 32.7 Å². The van der Waals surface area contributed by atoms with E-state index >= 15 is 0 Å². The van der Waals surface area contributed by atoms with E-state index in [1.54, 1.807) is 12.5 Å². The summed E-state index contributed by atoms with van der Waals surface area (Å²) in [4.78, 5) is 22.1. The molecule has 0 bridgehead atoms. The van der Waals surface area contributed by atoms with Crippen molar-refractivity contribution < 1.29 is 4.79 Å². The van der Waals surface area contributed by atoms with Gasteiger partial charge in [0.2, 0.25) is 0 Å². The van der Waals surface area contributed by atoms with E-state index in [4.69, 9.17) is 11.6 Å². The molecule has 6 heteroatoms. The van der Waals surface area contributed by atoms with Crippen LogP contribution in [-0.2, 0) is 18.4 Å². The third-order valence-electron chi connectivity index (χ3n) is 8.11. The highest BCUT2D eigenvalue weighted by Crippen LogP contribution is 2.45. The number of carbonyl (C=O) groups is 1. The van der Waals surface area contributed by atoms with Crippen molar-refractivity contribution in [2.75, 3.05) is 0 Å². The van der Waals surface area contributed by atoms with Gasteiger partial charge >= 0.3 is 0 Å². The summed E-state index contributed by atoms with van der Waals surface area (Å²) in [5.74, 6) is -0.124. The number of rotatable bonds is 9. The molecule has 1 amide bonds. The average molecular weight is 503 g/mol. The van der Waals surface area contributed by atoms with Crippen molar-refractivity contribution in [2.45, 2.75) is 81.8 Å². The van der Waals surface area contributed by atoms with Crippen LogP contribution in [0.1, 0.15) is 78.5 Å². The summed E-state index contributed by atoms with van der Waals surface area (Å²) < 4.78 is 0. The fourth-order valence-electron chi connectivity index (χ4n) is 6.19. The fourth-order valence-corrected chi connectivity index (χ4v) is 6.32. The lowest BCUT2D eigenvalue weighted by Crippen LogP contribution is -2.52. The summed E-state index contributed by atoms with van der Waals surface area (Å²) in [6, 6.07) is 19.1. The minimum atomic E-state index is -0.124. The molecule has 0 radical (unpaired) electrons. The summed E-state index contributed by atoms with van der Waals surface area (Å²) in [7, 11) is 0. The molecule has 2 aliphatic rings. The maximum absolute atomic E-state index is 13.2. The molecule has 1 aromatic heterocycles. The summed E-state index contributed by atoms with van der Waals surface area (Å²) in [6.45, 7) is 0.479. The number of halogens is 1. The third kappa shape index (κ3) is 5.63. The van der Waals surface area contributed by atoms with Crippen molar-refractivity contribution in [2.24, 2.45) is 0 Å². The molecule has 2 N–H and O–H groups in total. The van der Waals surface area contributed by atoms with E-state index < -0.39 is 0 Å². The molecule has 188 valence electrons. The lowest BCUT2D eigenvalue weighted by Gasteiger charge is -2.41. The first-order valence-electron chi connectivity index (χ1n) is 13.3. The molecule has 3 aromatic rings. The Morgan fingerprint density at radius 2 is 1.72 bits per heavy atom. The maximum atomic E-state index is 13.2. The summed E-state index contributed by atoms with van der Waals surface area (Å²) in [6.07, 6.45) is 13.6. The predicted octanol–water partition coefficient (Wildman–Crippen LogP) is 6.02. The number of amides is 1. The lowest BCUT2D eigenvalue weighted by molar-refractivity contribution is 0.0948. The Kier molecular flexibility index (Phi) is 7.98. The van der Waals surface area contributed by atoms with Gasteiger partial charge in [0, 0.05) is 41.7 Å². The van der Waals surface area contributed by atoms with Gasteiger partial charge in [0.25, 0.3) is 5.91 Å². The summed E-state index contributed by atoms with van der Waals surface area (Å²) >= 11 is 6.26. The smallest absolute Gasteiger partial charge is 0.254 e. The van der Waals surface area contributed by atoms with Gasteiger partial charge in [-0.3, -0.25) is 4.79 Å². The quantitative estimate of drug-likeness (QED) is 0.375.